The van der Waals surface area contributed by atoms with Crippen LogP contribution in [0.15, 0.2) is 48.5 Å². The lowest BCUT2D eigenvalue weighted by Gasteiger charge is -2.25. The molecular weight excluding hydrogens is 612 g/mol. The first-order valence-electron chi connectivity index (χ1n) is 15.4. The van der Waals surface area contributed by atoms with Crippen LogP contribution in [0.2, 0.25) is 0 Å². The van der Waals surface area contributed by atoms with Crippen molar-refractivity contribution in [2.45, 2.75) is 63.8 Å². The van der Waals surface area contributed by atoms with Crippen molar-refractivity contribution in [1.82, 2.24) is 4.90 Å². The number of carbonyl (C=O) groups is 1. The van der Waals surface area contributed by atoms with Crippen LogP contribution >= 0.6 is 0 Å². The molecule has 14 heteroatoms. The van der Waals surface area contributed by atoms with Gasteiger partial charge in [0, 0.05) is 16.6 Å². The molecular formula is C30H25F10NO3. The highest BCUT2D eigenvalue weighted by Gasteiger charge is 2.44. The number of ether oxygens (including phenoxy) is 2. The molecule has 0 unspecified atom stereocenters. The van der Waals surface area contributed by atoms with E-state index in [9.17, 15) is 44.3 Å². The number of amides is 1. The smallest absolute Gasteiger partial charge is 0.416 e. The van der Waals surface area contributed by atoms with Crippen molar-refractivity contribution in [3.8, 4) is 16.9 Å². The summed E-state index contributed by atoms with van der Waals surface area (Å²) >= 11 is 0. The van der Waals surface area contributed by atoms with Crippen LogP contribution in [0.5, 0.6) is 5.75 Å². The highest BCUT2D eigenvalue weighted by molar-refractivity contribution is 5.79. The number of cyclic esters (lactones) is 1. The van der Waals surface area contributed by atoms with Gasteiger partial charge in [0.2, 0.25) is 0 Å². The van der Waals surface area contributed by atoms with Gasteiger partial charge < -0.3 is 9.47 Å². The topological polar surface area (TPSA) is 38.8 Å². The van der Waals surface area contributed by atoms with Gasteiger partial charge in [-0.3, -0.25) is 4.90 Å². The van der Waals surface area contributed by atoms with Crippen molar-refractivity contribution in [3.63, 3.8) is 0 Å². The van der Waals surface area contributed by atoms with E-state index < -0.39 is 106 Å². The van der Waals surface area contributed by atoms with Gasteiger partial charge in [-0.2, -0.15) is 39.5 Å². The van der Waals surface area contributed by atoms with E-state index in [0.29, 0.717) is 12.1 Å². The fraction of sp³-hybridized carbons (Fsp3) is 0.367. The molecule has 0 radical (unpaired) electrons. The molecule has 0 aliphatic carbocycles. The Bertz CT molecular complexity index is 1770. The number of methoxy groups -OCH3 is 1. The molecule has 0 spiro atoms. The number of halogens is 10. The van der Waals surface area contributed by atoms with Gasteiger partial charge in [0.05, 0.1) is 39.1 Å². The van der Waals surface area contributed by atoms with E-state index in [1.807, 2.05) is 0 Å². The molecule has 1 saturated heterocycles. The number of hydrogen-bond acceptors (Lipinski definition) is 3. The number of carbonyl (C=O) groups excluding carboxylic acids is 1. The molecule has 1 heterocycles. The van der Waals surface area contributed by atoms with Crippen molar-refractivity contribution in [3.05, 3.63) is 87.7 Å². The standard InChI is InChI=1S/C30H25F10NO3/c1-14(2)24-22(31)7-8-23(43-4)25(24)21-6-5-18(28(32,33)34)11-17(21)13-41-15(3)26(44-27(41)42)16-9-19(29(35,36)37)12-20(10-16)30(38,39)40/h5-12,14-15,26H,13H2,1-4H3/t15-,26-/m0/s1/i3D3,13D2,14D. The molecule has 3 aromatic rings. The van der Waals surface area contributed by atoms with Crippen LogP contribution in [0.3, 0.4) is 0 Å². The zero-order chi connectivity index (χ0) is 38.2. The average Bonchev–Trinajstić information content (AvgIpc) is 3.33. The van der Waals surface area contributed by atoms with Crippen molar-refractivity contribution in [1.29, 1.82) is 0 Å². The molecule has 4 rings (SSSR count). The van der Waals surface area contributed by atoms with Crippen molar-refractivity contribution in [2.75, 3.05) is 7.11 Å². The largest absolute Gasteiger partial charge is 0.496 e. The maximum atomic E-state index is 15.3. The highest BCUT2D eigenvalue weighted by Crippen LogP contribution is 2.45. The molecule has 1 amide bonds. The third kappa shape index (κ3) is 6.43. The van der Waals surface area contributed by atoms with Gasteiger partial charge >= 0.3 is 24.6 Å². The molecule has 2 atom stereocenters. The Hall–Kier alpha value is -3.97. The first kappa shape index (κ1) is 25.4. The van der Waals surface area contributed by atoms with Gasteiger partial charge in [-0.15, -0.1) is 0 Å². The summed E-state index contributed by atoms with van der Waals surface area (Å²) in [5.74, 6) is -3.27. The van der Waals surface area contributed by atoms with Gasteiger partial charge in [-0.05, 0) is 71.9 Å². The summed E-state index contributed by atoms with van der Waals surface area (Å²) < 4.78 is 200. The number of benzene rings is 3. The zero-order valence-electron chi connectivity index (χ0n) is 28.7. The van der Waals surface area contributed by atoms with Crippen molar-refractivity contribution in [2.24, 2.45) is 0 Å². The maximum Gasteiger partial charge on any atom is 0.416 e. The normalized spacial score (nSPS) is 20.7. The summed E-state index contributed by atoms with van der Waals surface area (Å²) in [6, 6.07) is 0.276. The number of rotatable bonds is 6. The Morgan fingerprint density at radius 3 is 2.02 bits per heavy atom. The summed E-state index contributed by atoms with van der Waals surface area (Å²) in [6.07, 6.45) is -20.6. The Labute approximate surface area is 253 Å². The second-order valence-corrected chi connectivity index (χ2v) is 9.83. The van der Waals surface area contributed by atoms with E-state index in [4.69, 9.17) is 17.7 Å². The average molecular weight is 644 g/mol. The molecule has 0 bridgehead atoms. The zero-order valence-corrected chi connectivity index (χ0v) is 22.7. The second-order valence-electron chi connectivity index (χ2n) is 9.83. The highest BCUT2D eigenvalue weighted by atomic mass is 19.4. The fourth-order valence-corrected chi connectivity index (χ4v) is 4.63. The number of nitrogens with zero attached hydrogens (tertiary/aromatic N) is 1. The van der Waals surface area contributed by atoms with Crippen molar-refractivity contribution >= 4 is 6.09 Å². The van der Waals surface area contributed by atoms with Gasteiger partial charge in [0.15, 0.2) is 0 Å². The maximum absolute atomic E-state index is 15.3. The molecule has 0 saturated carbocycles. The monoisotopic (exact) mass is 643 g/mol. The first-order valence-corrected chi connectivity index (χ1v) is 12.4. The predicted molar refractivity (Wildman–Crippen MR) is 138 cm³/mol. The Kier molecular flexibility index (Phi) is 6.64. The minimum atomic E-state index is -5.43. The summed E-state index contributed by atoms with van der Waals surface area (Å²) in [7, 11) is 1.06. The lowest BCUT2D eigenvalue weighted by molar-refractivity contribution is -0.143. The molecule has 1 fully saturated rings. The molecule has 1 aliphatic rings. The molecule has 0 aromatic heterocycles. The van der Waals surface area contributed by atoms with Crippen LogP contribution in [0, 0.1) is 5.82 Å². The molecule has 44 heavy (non-hydrogen) atoms. The van der Waals surface area contributed by atoms with Crippen LogP contribution in [0.25, 0.3) is 11.1 Å². The summed E-state index contributed by atoms with van der Waals surface area (Å²) in [6.45, 7) is -5.03. The van der Waals surface area contributed by atoms with Crippen molar-refractivity contribution < 1.29 is 66.4 Å². The molecule has 3 aromatic carbocycles. The SMILES string of the molecule is [2H]C(C)(C)c1c(F)ccc(OC)c1-c1ccc(C(F)(F)F)cc1C([2H])([2H])N1C(=O)O[C@H](c2cc(C(F)(F)F)cc(C(F)(F)F)c2)[C@@H]1C([2H])([2H])[2H]. The Balaban J connectivity index is 2.07. The number of hydrogen-bond donors (Lipinski definition) is 0. The predicted octanol–water partition coefficient (Wildman–Crippen LogP) is 9.76. The van der Waals surface area contributed by atoms with E-state index in [2.05, 4.69) is 0 Å². The van der Waals surface area contributed by atoms with Gasteiger partial charge in [0.25, 0.3) is 0 Å². The van der Waals surface area contributed by atoms with Crippen LogP contribution < -0.4 is 4.74 Å². The lowest BCUT2D eigenvalue weighted by Crippen LogP contribution is -2.32. The quantitative estimate of drug-likeness (QED) is 0.251. The summed E-state index contributed by atoms with van der Waals surface area (Å²) in [5, 5.41) is 0. The van der Waals surface area contributed by atoms with E-state index in [1.54, 1.807) is 0 Å². The van der Waals surface area contributed by atoms with E-state index >= 15 is 4.39 Å². The first-order chi connectivity index (χ1) is 22.5. The number of alkyl halides is 9. The molecule has 238 valence electrons. The fourth-order valence-electron chi connectivity index (χ4n) is 4.63. The van der Waals surface area contributed by atoms with Gasteiger partial charge in [-0.25, -0.2) is 9.18 Å². The molecule has 0 N–H and O–H groups in total. The lowest BCUT2D eigenvalue weighted by atomic mass is 9.88. The molecule has 4 nitrogen and oxygen atoms in total. The van der Waals surface area contributed by atoms with Gasteiger partial charge in [0.1, 0.15) is 17.7 Å². The van der Waals surface area contributed by atoms with Crippen LogP contribution in [0.1, 0.15) is 74.3 Å². The summed E-state index contributed by atoms with van der Waals surface area (Å²) in [5.41, 5.74) is -9.34. The Morgan fingerprint density at radius 1 is 0.932 bits per heavy atom. The van der Waals surface area contributed by atoms with E-state index in [0.717, 1.165) is 19.2 Å². The summed E-state index contributed by atoms with van der Waals surface area (Å²) in [4.78, 5) is 13.1. The second kappa shape index (κ2) is 11.5. The third-order valence-corrected chi connectivity index (χ3v) is 6.62. The third-order valence-electron chi connectivity index (χ3n) is 6.62. The van der Waals surface area contributed by atoms with E-state index in [-0.39, 0.29) is 34.9 Å². The van der Waals surface area contributed by atoms with Gasteiger partial charge in [-0.1, -0.05) is 19.9 Å². The minimum Gasteiger partial charge on any atom is -0.496 e. The minimum absolute atomic E-state index is 0.0704. The molecule has 1 aliphatic heterocycles. The van der Waals surface area contributed by atoms with Crippen LogP contribution in [-0.4, -0.2) is 24.1 Å². The Morgan fingerprint density at radius 2 is 1.52 bits per heavy atom. The van der Waals surface area contributed by atoms with E-state index in [1.165, 1.54) is 13.8 Å². The van der Waals surface area contributed by atoms with Crippen LogP contribution in [0.4, 0.5) is 48.7 Å². The van der Waals surface area contributed by atoms with Crippen LogP contribution in [-0.2, 0) is 29.8 Å².